The van der Waals surface area contributed by atoms with Crippen LogP contribution >= 0.6 is 11.6 Å². The fourth-order valence-corrected chi connectivity index (χ4v) is 0.668. The van der Waals surface area contributed by atoms with E-state index in [1.54, 1.807) is 12.3 Å². The van der Waals surface area contributed by atoms with Crippen LogP contribution in [-0.4, -0.2) is 16.1 Å². The lowest BCUT2D eigenvalue weighted by Gasteiger charge is -1.87. The Morgan fingerprint density at radius 3 is 3.11 bits per heavy atom. The summed E-state index contributed by atoms with van der Waals surface area (Å²) in [4.78, 5) is 9.88. The first-order valence-corrected chi connectivity index (χ1v) is 2.83. The number of carbonyl (C=O) groups excluding carboxylic acids is 1. The standard InChI is InChI=1S/C5H5ClN2O/c6-5-1-2-8(7-5)3-4-9/h1-2,4H,3H2. The molecule has 9 heavy (non-hydrogen) atoms. The summed E-state index contributed by atoms with van der Waals surface area (Å²) in [6.45, 7) is 0.271. The predicted molar refractivity (Wildman–Crippen MR) is 33.3 cm³/mol. The molecular formula is C5H5ClN2O. The third-order valence-corrected chi connectivity index (χ3v) is 1.07. The number of aldehydes is 1. The molecule has 0 saturated heterocycles. The zero-order chi connectivity index (χ0) is 6.69. The van der Waals surface area contributed by atoms with Crippen molar-refractivity contribution in [2.24, 2.45) is 0 Å². The summed E-state index contributed by atoms with van der Waals surface area (Å²) in [7, 11) is 0. The first-order chi connectivity index (χ1) is 4.33. The van der Waals surface area contributed by atoms with Crippen molar-refractivity contribution in [2.45, 2.75) is 6.54 Å². The van der Waals surface area contributed by atoms with Gasteiger partial charge in [-0.25, -0.2) is 0 Å². The maximum atomic E-state index is 9.88. The summed E-state index contributed by atoms with van der Waals surface area (Å²) >= 11 is 5.45. The third kappa shape index (κ3) is 1.54. The number of aromatic nitrogens is 2. The SMILES string of the molecule is O=CCn1ccc(Cl)n1. The molecule has 0 aliphatic carbocycles. The van der Waals surface area contributed by atoms with Crippen LogP contribution in [0.1, 0.15) is 0 Å². The van der Waals surface area contributed by atoms with Gasteiger partial charge in [-0.1, -0.05) is 11.6 Å². The maximum absolute atomic E-state index is 9.88. The molecule has 0 aliphatic rings. The van der Waals surface area contributed by atoms with E-state index in [4.69, 9.17) is 11.6 Å². The predicted octanol–water partition coefficient (Wildman–Crippen LogP) is 0.735. The van der Waals surface area contributed by atoms with E-state index in [1.807, 2.05) is 0 Å². The zero-order valence-electron chi connectivity index (χ0n) is 4.62. The molecule has 4 heteroatoms. The summed E-state index contributed by atoms with van der Waals surface area (Å²) in [5.41, 5.74) is 0. The van der Waals surface area contributed by atoms with Gasteiger partial charge in [0.15, 0.2) is 5.15 Å². The van der Waals surface area contributed by atoms with Crippen molar-refractivity contribution in [3.8, 4) is 0 Å². The molecule has 0 bridgehead atoms. The Morgan fingerprint density at radius 1 is 1.89 bits per heavy atom. The lowest BCUT2D eigenvalue weighted by Crippen LogP contribution is -1.98. The lowest BCUT2D eigenvalue weighted by atomic mass is 10.7. The summed E-state index contributed by atoms with van der Waals surface area (Å²) in [6.07, 6.45) is 2.42. The molecule has 0 unspecified atom stereocenters. The highest BCUT2D eigenvalue weighted by Gasteiger charge is 1.91. The minimum Gasteiger partial charge on any atom is -0.301 e. The third-order valence-electron chi connectivity index (χ3n) is 0.870. The summed E-state index contributed by atoms with van der Waals surface area (Å²) in [6, 6.07) is 1.63. The van der Waals surface area contributed by atoms with Crippen LogP contribution in [0.3, 0.4) is 0 Å². The van der Waals surface area contributed by atoms with Crippen LogP contribution in [0.25, 0.3) is 0 Å². The molecule has 0 aliphatic heterocycles. The van der Waals surface area contributed by atoms with Gasteiger partial charge < -0.3 is 4.79 Å². The Labute approximate surface area is 57.2 Å². The minimum atomic E-state index is 0.271. The Kier molecular flexibility index (Phi) is 1.85. The molecule has 0 N–H and O–H groups in total. The maximum Gasteiger partial charge on any atom is 0.151 e. The Bertz CT molecular complexity index is 208. The first-order valence-electron chi connectivity index (χ1n) is 2.45. The molecule has 0 radical (unpaired) electrons. The summed E-state index contributed by atoms with van der Waals surface area (Å²) < 4.78 is 1.47. The van der Waals surface area contributed by atoms with Crippen LogP contribution < -0.4 is 0 Å². The van der Waals surface area contributed by atoms with E-state index in [-0.39, 0.29) is 6.54 Å². The molecule has 1 heterocycles. The fourth-order valence-electron chi connectivity index (χ4n) is 0.515. The zero-order valence-corrected chi connectivity index (χ0v) is 5.38. The second kappa shape index (κ2) is 2.64. The van der Waals surface area contributed by atoms with Crippen LogP contribution in [0.2, 0.25) is 5.15 Å². The van der Waals surface area contributed by atoms with Gasteiger partial charge in [-0.2, -0.15) is 5.10 Å². The number of halogens is 1. The smallest absolute Gasteiger partial charge is 0.151 e. The van der Waals surface area contributed by atoms with Gasteiger partial charge in [0, 0.05) is 6.20 Å². The minimum absolute atomic E-state index is 0.271. The highest BCUT2D eigenvalue weighted by Crippen LogP contribution is 2.00. The van der Waals surface area contributed by atoms with Crippen LogP contribution in [-0.2, 0) is 11.3 Å². The van der Waals surface area contributed by atoms with E-state index < -0.39 is 0 Å². The summed E-state index contributed by atoms with van der Waals surface area (Å²) in [5, 5.41) is 4.17. The van der Waals surface area contributed by atoms with Gasteiger partial charge in [-0.15, -0.1) is 0 Å². The van der Waals surface area contributed by atoms with Crippen molar-refractivity contribution in [1.82, 2.24) is 9.78 Å². The molecule has 1 aromatic rings. The van der Waals surface area contributed by atoms with Crippen molar-refractivity contribution in [1.29, 1.82) is 0 Å². The van der Waals surface area contributed by atoms with Crippen molar-refractivity contribution in [3.05, 3.63) is 17.4 Å². The molecule has 0 saturated carbocycles. The van der Waals surface area contributed by atoms with E-state index in [1.165, 1.54) is 4.68 Å². The molecule has 48 valence electrons. The van der Waals surface area contributed by atoms with E-state index in [2.05, 4.69) is 5.10 Å². The number of nitrogens with zero attached hydrogens (tertiary/aromatic N) is 2. The highest BCUT2D eigenvalue weighted by atomic mass is 35.5. The van der Waals surface area contributed by atoms with Gasteiger partial charge in [0.25, 0.3) is 0 Å². The van der Waals surface area contributed by atoms with Gasteiger partial charge >= 0.3 is 0 Å². The molecular weight excluding hydrogens is 140 g/mol. The van der Waals surface area contributed by atoms with E-state index >= 15 is 0 Å². The number of carbonyl (C=O) groups is 1. The average Bonchev–Trinajstić information content (AvgIpc) is 2.17. The second-order valence-corrected chi connectivity index (χ2v) is 1.91. The fraction of sp³-hybridized carbons (Fsp3) is 0.200. The van der Waals surface area contributed by atoms with Crippen LogP contribution in [0.5, 0.6) is 0 Å². The quantitative estimate of drug-likeness (QED) is 0.574. The Hall–Kier alpha value is -0.830. The van der Waals surface area contributed by atoms with Gasteiger partial charge in [0.1, 0.15) is 6.29 Å². The number of hydrogen-bond donors (Lipinski definition) is 0. The molecule has 3 nitrogen and oxygen atoms in total. The largest absolute Gasteiger partial charge is 0.301 e. The van der Waals surface area contributed by atoms with Crippen LogP contribution in [0, 0.1) is 0 Å². The molecule has 0 fully saturated rings. The van der Waals surface area contributed by atoms with Gasteiger partial charge in [-0.05, 0) is 6.07 Å². The lowest BCUT2D eigenvalue weighted by molar-refractivity contribution is -0.108. The molecule has 0 amide bonds. The van der Waals surface area contributed by atoms with Crippen molar-refractivity contribution in [2.75, 3.05) is 0 Å². The molecule has 1 aromatic heterocycles. The average molecular weight is 145 g/mol. The summed E-state index contributed by atoms with van der Waals surface area (Å²) in [5.74, 6) is 0. The second-order valence-electron chi connectivity index (χ2n) is 1.53. The van der Waals surface area contributed by atoms with Crippen molar-refractivity contribution < 1.29 is 4.79 Å². The monoisotopic (exact) mass is 144 g/mol. The van der Waals surface area contributed by atoms with Gasteiger partial charge in [0.05, 0.1) is 6.54 Å². The normalized spacial score (nSPS) is 9.44. The van der Waals surface area contributed by atoms with Gasteiger partial charge in [0.2, 0.25) is 0 Å². The molecule has 1 rings (SSSR count). The van der Waals surface area contributed by atoms with E-state index in [0.717, 1.165) is 6.29 Å². The first kappa shape index (κ1) is 6.29. The highest BCUT2D eigenvalue weighted by molar-refractivity contribution is 6.29. The van der Waals surface area contributed by atoms with Crippen molar-refractivity contribution >= 4 is 17.9 Å². The molecule has 0 aromatic carbocycles. The Balaban J connectivity index is 2.72. The van der Waals surface area contributed by atoms with Crippen molar-refractivity contribution in [3.63, 3.8) is 0 Å². The van der Waals surface area contributed by atoms with Crippen LogP contribution in [0.4, 0.5) is 0 Å². The molecule has 0 spiro atoms. The van der Waals surface area contributed by atoms with Crippen LogP contribution in [0.15, 0.2) is 12.3 Å². The topological polar surface area (TPSA) is 34.9 Å². The number of hydrogen-bond acceptors (Lipinski definition) is 2. The Morgan fingerprint density at radius 2 is 2.67 bits per heavy atom. The van der Waals surface area contributed by atoms with Gasteiger partial charge in [-0.3, -0.25) is 4.68 Å². The van der Waals surface area contributed by atoms with E-state index in [0.29, 0.717) is 5.15 Å². The molecule has 0 atom stereocenters. The number of rotatable bonds is 2. The van der Waals surface area contributed by atoms with E-state index in [9.17, 15) is 4.79 Å².